The summed E-state index contributed by atoms with van der Waals surface area (Å²) in [7, 11) is 0. The average Bonchev–Trinajstić information content (AvgIpc) is 3.12. The largest absolute Gasteiger partial charge is 0.329 e. The number of aryl methyl sites for hydroxylation is 1. The van der Waals surface area contributed by atoms with Gasteiger partial charge in [-0.3, -0.25) is 9.58 Å². The van der Waals surface area contributed by atoms with Gasteiger partial charge < -0.3 is 5.73 Å². The second kappa shape index (κ2) is 6.30. The van der Waals surface area contributed by atoms with Crippen molar-refractivity contribution in [3.8, 4) is 0 Å². The molecule has 1 aliphatic heterocycles. The normalized spacial score (nSPS) is 20.4. The van der Waals surface area contributed by atoms with Crippen LogP contribution in [0.15, 0.2) is 23.8 Å². The molecule has 5 heteroatoms. The predicted octanol–water partition coefficient (Wildman–Crippen LogP) is 2.97. The maximum Gasteiger partial charge on any atom is 0.0538 e. The summed E-state index contributed by atoms with van der Waals surface area (Å²) in [6.45, 7) is 7.16. The zero-order valence-corrected chi connectivity index (χ0v) is 13.6. The van der Waals surface area contributed by atoms with E-state index in [0.29, 0.717) is 12.6 Å². The summed E-state index contributed by atoms with van der Waals surface area (Å²) in [5, 5.41) is 6.68. The smallest absolute Gasteiger partial charge is 0.0538 e. The van der Waals surface area contributed by atoms with Crippen LogP contribution in [0.1, 0.15) is 48.4 Å². The Balaban J connectivity index is 1.83. The van der Waals surface area contributed by atoms with Gasteiger partial charge in [0.2, 0.25) is 0 Å². The van der Waals surface area contributed by atoms with Gasteiger partial charge in [-0.25, -0.2) is 0 Å². The molecule has 21 heavy (non-hydrogen) atoms. The van der Waals surface area contributed by atoms with Gasteiger partial charge in [-0.1, -0.05) is 6.92 Å². The average molecular weight is 304 g/mol. The second-order valence-electron chi connectivity index (χ2n) is 5.75. The third-order valence-electron chi connectivity index (χ3n) is 4.44. The van der Waals surface area contributed by atoms with Gasteiger partial charge in [0.05, 0.1) is 12.2 Å². The number of aromatic nitrogens is 2. The molecule has 2 unspecified atom stereocenters. The van der Waals surface area contributed by atoms with Crippen molar-refractivity contribution < 1.29 is 0 Å². The highest BCUT2D eigenvalue weighted by Crippen LogP contribution is 2.37. The molecule has 0 spiro atoms. The molecule has 0 aliphatic carbocycles. The van der Waals surface area contributed by atoms with Crippen LogP contribution < -0.4 is 5.73 Å². The first-order valence-electron chi connectivity index (χ1n) is 7.79. The Bertz CT molecular complexity index is 589. The Morgan fingerprint density at radius 2 is 2.38 bits per heavy atom. The Hall–Kier alpha value is -1.17. The van der Waals surface area contributed by atoms with Crippen LogP contribution >= 0.6 is 11.3 Å². The van der Waals surface area contributed by atoms with E-state index in [4.69, 9.17) is 5.73 Å². The van der Waals surface area contributed by atoms with E-state index in [1.807, 2.05) is 22.2 Å². The summed E-state index contributed by atoms with van der Waals surface area (Å²) >= 11 is 1.88. The molecule has 2 aromatic heterocycles. The van der Waals surface area contributed by atoms with E-state index < -0.39 is 0 Å². The molecule has 0 amide bonds. The predicted molar refractivity (Wildman–Crippen MR) is 87.5 cm³/mol. The van der Waals surface area contributed by atoms with Crippen LogP contribution in [0.25, 0.3) is 0 Å². The summed E-state index contributed by atoms with van der Waals surface area (Å²) in [4.78, 5) is 4.07. The van der Waals surface area contributed by atoms with Gasteiger partial charge in [-0.15, -0.1) is 11.3 Å². The molecule has 4 nitrogen and oxygen atoms in total. The van der Waals surface area contributed by atoms with Crippen molar-refractivity contribution in [3.63, 3.8) is 0 Å². The monoisotopic (exact) mass is 304 g/mol. The molecule has 3 heterocycles. The SMILES string of the molecule is CCCn1cc(C(CN)N2CCc3sccc3C2C)cn1. The fraction of sp³-hybridized carbons (Fsp3) is 0.562. The van der Waals surface area contributed by atoms with Crippen LogP contribution in [0, 0.1) is 0 Å². The standard InChI is InChI=1S/C16H24N4S/c1-3-6-19-11-13(10-18-19)15(9-17)20-7-4-16-14(12(20)2)5-8-21-16/h5,8,10-12,15H,3-4,6-7,9,17H2,1-2H3. The van der Waals surface area contributed by atoms with Crippen molar-refractivity contribution in [1.82, 2.24) is 14.7 Å². The molecule has 3 rings (SSSR count). The highest BCUT2D eigenvalue weighted by atomic mass is 32.1. The van der Waals surface area contributed by atoms with E-state index in [1.165, 1.54) is 16.0 Å². The van der Waals surface area contributed by atoms with Crippen LogP contribution in [0.4, 0.5) is 0 Å². The number of hydrogen-bond donors (Lipinski definition) is 1. The third kappa shape index (κ3) is 2.78. The van der Waals surface area contributed by atoms with E-state index in [9.17, 15) is 0 Å². The maximum absolute atomic E-state index is 6.10. The van der Waals surface area contributed by atoms with Gasteiger partial charge >= 0.3 is 0 Å². The minimum atomic E-state index is 0.263. The Labute approximate surface area is 130 Å². The molecule has 0 aromatic carbocycles. The lowest BCUT2D eigenvalue weighted by Crippen LogP contribution is -2.39. The number of hydrogen-bond acceptors (Lipinski definition) is 4. The van der Waals surface area contributed by atoms with E-state index in [-0.39, 0.29) is 6.04 Å². The van der Waals surface area contributed by atoms with Crippen LogP contribution in [-0.4, -0.2) is 27.8 Å². The van der Waals surface area contributed by atoms with E-state index in [0.717, 1.165) is 25.9 Å². The van der Waals surface area contributed by atoms with Crippen LogP contribution in [0.2, 0.25) is 0 Å². The minimum Gasteiger partial charge on any atom is -0.329 e. The molecule has 2 aromatic rings. The summed E-state index contributed by atoms with van der Waals surface area (Å²) in [5.74, 6) is 0. The number of rotatable bonds is 5. The topological polar surface area (TPSA) is 47.1 Å². The third-order valence-corrected chi connectivity index (χ3v) is 5.44. The number of nitrogens with two attached hydrogens (primary N) is 1. The van der Waals surface area contributed by atoms with E-state index in [2.05, 4.69) is 41.5 Å². The lowest BCUT2D eigenvalue weighted by Gasteiger charge is -2.39. The minimum absolute atomic E-state index is 0.263. The highest BCUT2D eigenvalue weighted by molar-refractivity contribution is 7.10. The number of nitrogens with zero attached hydrogens (tertiary/aromatic N) is 3. The quantitative estimate of drug-likeness (QED) is 0.924. The van der Waals surface area contributed by atoms with Crippen LogP contribution in [-0.2, 0) is 13.0 Å². The molecule has 0 fully saturated rings. The molecule has 1 aliphatic rings. The van der Waals surface area contributed by atoms with Gasteiger partial charge in [-0.05, 0) is 36.8 Å². The number of thiophene rings is 1. The summed E-state index contributed by atoms with van der Waals surface area (Å²) in [6, 6.07) is 2.96. The van der Waals surface area contributed by atoms with Gasteiger partial charge in [0.1, 0.15) is 0 Å². The lowest BCUT2D eigenvalue weighted by molar-refractivity contribution is 0.138. The fourth-order valence-corrected chi connectivity index (χ4v) is 4.28. The first kappa shape index (κ1) is 14.8. The molecule has 114 valence electrons. The van der Waals surface area contributed by atoms with Gasteiger partial charge in [0, 0.05) is 42.3 Å². The Morgan fingerprint density at radius 3 is 3.14 bits per heavy atom. The van der Waals surface area contributed by atoms with Crippen LogP contribution in [0.5, 0.6) is 0 Å². The van der Waals surface area contributed by atoms with Gasteiger partial charge in [0.15, 0.2) is 0 Å². The van der Waals surface area contributed by atoms with Crippen LogP contribution in [0.3, 0.4) is 0 Å². The van der Waals surface area contributed by atoms with Gasteiger partial charge in [0.25, 0.3) is 0 Å². The summed E-state index contributed by atoms with van der Waals surface area (Å²) in [6.07, 6.45) is 6.39. The molecule has 0 bridgehead atoms. The molecule has 0 radical (unpaired) electrons. The molecular formula is C16H24N4S. The fourth-order valence-electron chi connectivity index (χ4n) is 3.32. The second-order valence-corrected chi connectivity index (χ2v) is 6.75. The first-order chi connectivity index (χ1) is 10.2. The van der Waals surface area contributed by atoms with Crippen molar-refractivity contribution >= 4 is 11.3 Å². The van der Waals surface area contributed by atoms with E-state index >= 15 is 0 Å². The molecule has 0 saturated carbocycles. The Kier molecular flexibility index (Phi) is 4.42. The Morgan fingerprint density at radius 1 is 1.52 bits per heavy atom. The summed E-state index contributed by atoms with van der Waals surface area (Å²) < 4.78 is 2.03. The molecule has 2 atom stereocenters. The van der Waals surface area contributed by atoms with Gasteiger partial charge in [-0.2, -0.15) is 5.10 Å². The number of fused-ring (bicyclic) bond motifs is 1. The van der Waals surface area contributed by atoms with Crippen molar-refractivity contribution in [1.29, 1.82) is 0 Å². The summed E-state index contributed by atoms with van der Waals surface area (Å²) in [5.41, 5.74) is 8.82. The van der Waals surface area contributed by atoms with E-state index in [1.54, 1.807) is 0 Å². The molecule has 0 saturated heterocycles. The highest BCUT2D eigenvalue weighted by Gasteiger charge is 2.30. The molecular weight excluding hydrogens is 280 g/mol. The van der Waals surface area contributed by atoms with Crippen molar-refractivity contribution in [3.05, 3.63) is 39.8 Å². The lowest BCUT2D eigenvalue weighted by atomic mass is 9.97. The maximum atomic E-state index is 6.10. The van der Waals surface area contributed by atoms with Crippen molar-refractivity contribution in [2.24, 2.45) is 5.73 Å². The van der Waals surface area contributed by atoms with Crippen molar-refractivity contribution in [2.45, 2.75) is 45.3 Å². The molecule has 2 N–H and O–H groups in total. The van der Waals surface area contributed by atoms with Crippen molar-refractivity contribution in [2.75, 3.05) is 13.1 Å². The zero-order chi connectivity index (χ0) is 14.8. The zero-order valence-electron chi connectivity index (χ0n) is 12.8. The first-order valence-corrected chi connectivity index (χ1v) is 8.67.